The largest absolute Gasteiger partial charge is 0.394 e. The molecule has 1 aromatic carbocycles. The van der Waals surface area contributed by atoms with Crippen molar-refractivity contribution in [3.05, 3.63) is 59.6 Å². The van der Waals surface area contributed by atoms with Crippen molar-refractivity contribution in [2.45, 2.75) is 13.1 Å². The molecule has 0 atom stereocenters. The van der Waals surface area contributed by atoms with E-state index in [2.05, 4.69) is 15.5 Å². The molecule has 7 heteroatoms. The summed E-state index contributed by atoms with van der Waals surface area (Å²) in [7, 11) is 0. The van der Waals surface area contributed by atoms with Crippen molar-refractivity contribution in [2.75, 3.05) is 11.9 Å². The van der Waals surface area contributed by atoms with Crippen molar-refractivity contribution in [3.63, 3.8) is 0 Å². The van der Waals surface area contributed by atoms with Crippen molar-refractivity contribution >= 4 is 17.3 Å². The molecule has 0 bridgehead atoms. The Kier molecular flexibility index (Phi) is 4.41. The first kappa shape index (κ1) is 14.6. The Bertz CT molecular complexity index is 734. The van der Waals surface area contributed by atoms with Crippen LogP contribution in [0.4, 0.5) is 5.69 Å². The maximum Gasteiger partial charge on any atom is 0.0729 e. The van der Waals surface area contributed by atoms with Crippen LogP contribution in [0.15, 0.2) is 49.1 Å². The quantitative estimate of drug-likeness (QED) is 0.732. The second-order valence-electron chi connectivity index (χ2n) is 4.84. The van der Waals surface area contributed by atoms with E-state index >= 15 is 0 Å². The van der Waals surface area contributed by atoms with Crippen molar-refractivity contribution < 1.29 is 5.11 Å². The zero-order valence-electron chi connectivity index (χ0n) is 11.9. The molecule has 0 radical (unpaired) electrons. The zero-order chi connectivity index (χ0) is 15.4. The van der Waals surface area contributed by atoms with E-state index < -0.39 is 0 Å². The Morgan fingerprint density at radius 1 is 1.09 bits per heavy atom. The molecule has 2 N–H and O–H groups in total. The van der Waals surface area contributed by atoms with Gasteiger partial charge in [0.25, 0.3) is 0 Å². The Morgan fingerprint density at radius 2 is 1.91 bits per heavy atom. The summed E-state index contributed by atoms with van der Waals surface area (Å²) < 4.78 is 3.50. The first-order valence-corrected chi connectivity index (χ1v) is 7.29. The summed E-state index contributed by atoms with van der Waals surface area (Å²) in [6, 6.07) is 7.52. The first-order chi connectivity index (χ1) is 10.7. The first-order valence-electron chi connectivity index (χ1n) is 6.91. The molecular formula is C15H16ClN5O. The van der Waals surface area contributed by atoms with Crippen LogP contribution in [0.3, 0.4) is 0 Å². The van der Waals surface area contributed by atoms with Gasteiger partial charge in [0.15, 0.2) is 0 Å². The van der Waals surface area contributed by atoms with Crippen molar-refractivity contribution in [1.29, 1.82) is 0 Å². The third-order valence-electron chi connectivity index (χ3n) is 3.19. The molecule has 114 valence electrons. The lowest BCUT2D eigenvalue weighted by molar-refractivity contribution is 0.269. The van der Waals surface area contributed by atoms with Gasteiger partial charge in [-0.05, 0) is 24.3 Å². The van der Waals surface area contributed by atoms with Crippen LogP contribution in [-0.2, 0) is 13.1 Å². The zero-order valence-corrected chi connectivity index (χ0v) is 12.6. The smallest absolute Gasteiger partial charge is 0.0729 e. The molecular weight excluding hydrogens is 302 g/mol. The van der Waals surface area contributed by atoms with Crippen molar-refractivity contribution in [2.24, 2.45) is 0 Å². The van der Waals surface area contributed by atoms with Gasteiger partial charge in [-0.1, -0.05) is 11.6 Å². The van der Waals surface area contributed by atoms with Gasteiger partial charge < -0.3 is 10.4 Å². The van der Waals surface area contributed by atoms with Gasteiger partial charge in [-0.25, -0.2) is 4.68 Å². The highest BCUT2D eigenvalue weighted by atomic mass is 35.5. The van der Waals surface area contributed by atoms with Crippen LogP contribution in [0, 0.1) is 0 Å². The van der Waals surface area contributed by atoms with Crippen molar-refractivity contribution in [1.82, 2.24) is 19.6 Å². The van der Waals surface area contributed by atoms with Gasteiger partial charge in [-0.3, -0.25) is 4.68 Å². The number of aromatic nitrogens is 4. The third-order valence-corrected chi connectivity index (χ3v) is 3.44. The molecule has 3 aromatic rings. The van der Waals surface area contributed by atoms with Gasteiger partial charge in [-0.15, -0.1) is 0 Å². The van der Waals surface area contributed by atoms with Crippen LogP contribution in [-0.4, -0.2) is 31.3 Å². The monoisotopic (exact) mass is 317 g/mol. The minimum Gasteiger partial charge on any atom is -0.394 e. The molecule has 0 amide bonds. The van der Waals surface area contributed by atoms with E-state index in [0.29, 0.717) is 18.1 Å². The summed E-state index contributed by atoms with van der Waals surface area (Å²) in [6.07, 6.45) is 7.38. The van der Waals surface area contributed by atoms with Gasteiger partial charge >= 0.3 is 0 Å². The minimum absolute atomic E-state index is 0.0784. The van der Waals surface area contributed by atoms with Gasteiger partial charge in [0.05, 0.1) is 36.9 Å². The summed E-state index contributed by atoms with van der Waals surface area (Å²) in [5.41, 5.74) is 2.93. The van der Waals surface area contributed by atoms with E-state index in [-0.39, 0.29) is 6.61 Å². The summed E-state index contributed by atoms with van der Waals surface area (Å²) in [5, 5.41) is 21.3. The van der Waals surface area contributed by atoms with Crippen LogP contribution < -0.4 is 5.32 Å². The van der Waals surface area contributed by atoms with Gasteiger partial charge in [0.1, 0.15) is 0 Å². The number of benzene rings is 1. The Labute approximate surface area is 133 Å². The highest BCUT2D eigenvalue weighted by Gasteiger charge is 2.02. The SMILES string of the molecule is OCCn1cc(NCc2cnn(-c3ccc(Cl)cc3)c2)cn1. The molecule has 0 unspecified atom stereocenters. The second-order valence-corrected chi connectivity index (χ2v) is 5.28. The predicted molar refractivity (Wildman–Crippen MR) is 85.2 cm³/mol. The number of rotatable bonds is 6. The van der Waals surface area contributed by atoms with E-state index in [1.807, 2.05) is 47.5 Å². The van der Waals surface area contributed by atoms with Crippen LogP contribution >= 0.6 is 11.6 Å². The molecule has 2 aromatic heterocycles. The van der Waals surface area contributed by atoms with E-state index in [1.54, 1.807) is 10.9 Å². The summed E-state index contributed by atoms with van der Waals surface area (Å²) in [4.78, 5) is 0. The van der Waals surface area contributed by atoms with E-state index in [9.17, 15) is 0 Å². The third kappa shape index (κ3) is 3.47. The molecule has 0 saturated heterocycles. The highest BCUT2D eigenvalue weighted by molar-refractivity contribution is 6.30. The fourth-order valence-corrected chi connectivity index (χ4v) is 2.20. The summed E-state index contributed by atoms with van der Waals surface area (Å²) in [6.45, 7) is 1.23. The average Bonchev–Trinajstić information content (AvgIpc) is 3.16. The van der Waals surface area contributed by atoms with E-state index in [0.717, 1.165) is 16.9 Å². The molecule has 2 heterocycles. The maximum atomic E-state index is 8.86. The highest BCUT2D eigenvalue weighted by Crippen LogP contribution is 2.14. The lowest BCUT2D eigenvalue weighted by Crippen LogP contribution is -2.02. The van der Waals surface area contributed by atoms with Crippen LogP contribution in [0.25, 0.3) is 5.69 Å². The molecule has 0 aliphatic rings. The Morgan fingerprint density at radius 3 is 2.68 bits per heavy atom. The number of anilines is 1. The fraction of sp³-hybridized carbons (Fsp3) is 0.200. The van der Waals surface area contributed by atoms with E-state index in [1.165, 1.54) is 0 Å². The molecule has 0 saturated carbocycles. The molecule has 6 nitrogen and oxygen atoms in total. The summed E-state index contributed by atoms with van der Waals surface area (Å²) >= 11 is 5.88. The predicted octanol–water partition coefficient (Wildman–Crippen LogP) is 2.33. The Hall–Kier alpha value is -2.31. The molecule has 0 spiro atoms. The number of nitrogens with zero attached hydrogens (tertiary/aromatic N) is 4. The number of hydrogen-bond donors (Lipinski definition) is 2. The number of aliphatic hydroxyl groups is 1. The van der Waals surface area contributed by atoms with Crippen molar-refractivity contribution in [3.8, 4) is 5.69 Å². The van der Waals surface area contributed by atoms with Gasteiger partial charge in [0, 0.05) is 29.5 Å². The second kappa shape index (κ2) is 6.64. The Balaban J connectivity index is 1.62. The normalized spacial score (nSPS) is 10.8. The fourth-order valence-electron chi connectivity index (χ4n) is 2.07. The molecule has 0 fully saturated rings. The lowest BCUT2D eigenvalue weighted by atomic mass is 10.3. The molecule has 3 rings (SSSR count). The van der Waals surface area contributed by atoms with Gasteiger partial charge in [-0.2, -0.15) is 10.2 Å². The molecule has 0 aliphatic carbocycles. The topological polar surface area (TPSA) is 67.9 Å². The van der Waals surface area contributed by atoms with Gasteiger partial charge in [0.2, 0.25) is 0 Å². The average molecular weight is 318 g/mol. The molecule has 22 heavy (non-hydrogen) atoms. The van der Waals surface area contributed by atoms with Crippen LogP contribution in [0.5, 0.6) is 0 Å². The minimum atomic E-state index is 0.0784. The maximum absolute atomic E-state index is 8.86. The van der Waals surface area contributed by atoms with Crippen LogP contribution in [0.2, 0.25) is 5.02 Å². The number of halogens is 1. The molecule has 0 aliphatic heterocycles. The number of hydrogen-bond acceptors (Lipinski definition) is 4. The van der Waals surface area contributed by atoms with Crippen LogP contribution in [0.1, 0.15) is 5.56 Å². The lowest BCUT2D eigenvalue weighted by Gasteiger charge is -2.01. The number of aliphatic hydroxyl groups excluding tert-OH is 1. The van der Waals surface area contributed by atoms with E-state index in [4.69, 9.17) is 16.7 Å². The number of nitrogens with one attached hydrogen (secondary N) is 1. The standard InChI is InChI=1S/C15H16ClN5O/c16-13-1-3-15(4-2-13)21-10-12(8-19-21)7-17-14-9-18-20(11-14)5-6-22/h1-4,8-11,17,22H,5-7H2. The summed E-state index contributed by atoms with van der Waals surface area (Å²) in [5.74, 6) is 0.